The van der Waals surface area contributed by atoms with Crippen molar-refractivity contribution in [1.29, 1.82) is 0 Å². The smallest absolute Gasteiger partial charge is 0.185 e. The standard InChI is InChI=1S/C2H4BrNO/c1-4-2-5-3/h2H,1H3/b4-2-. The van der Waals surface area contributed by atoms with E-state index in [1.54, 1.807) is 7.05 Å². The van der Waals surface area contributed by atoms with Crippen molar-refractivity contribution in [1.82, 2.24) is 0 Å². The third-order valence-electron chi connectivity index (χ3n) is 0.145. The van der Waals surface area contributed by atoms with Gasteiger partial charge in [0.05, 0.1) is 0 Å². The zero-order valence-electron chi connectivity index (χ0n) is 2.81. The molecule has 0 fully saturated rings. The van der Waals surface area contributed by atoms with Crippen LogP contribution in [-0.2, 0) is 3.83 Å². The molecule has 0 N–H and O–H groups in total. The van der Waals surface area contributed by atoms with Crippen molar-refractivity contribution in [3.8, 4) is 0 Å². The van der Waals surface area contributed by atoms with Gasteiger partial charge >= 0.3 is 0 Å². The molecule has 0 unspecified atom stereocenters. The fourth-order valence-corrected chi connectivity index (χ4v) is 0.207. The maximum absolute atomic E-state index is 4.21. The van der Waals surface area contributed by atoms with Crippen LogP contribution in [0.1, 0.15) is 0 Å². The Morgan fingerprint density at radius 3 is 2.60 bits per heavy atom. The topological polar surface area (TPSA) is 21.6 Å². The molecule has 0 aromatic heterocycles. The summed E-state index contributed by atoms with van der Waals surface area (Å²) < 4.78 is 4.21. The molecule has 0 aliphatic rings. The highest BCUT2D eigenvalue weighted by Crippen LogP contribution is 1.73. The molecule has 0 rings (SSSR count). The molecule has 0 amide bonds. The summed E-state index contributed by atoms with van der Waals surface area (Å²) in [7, 11) is 1.63. The van der Waals surface area contributed by atoms with Crippen LogP contribution in [0, 0.1) is 0 Å². The molecule has 0 aromatic carbocycles. The number of rotatable bonds is 1. The van der Waals surface area contributed by atoms with Gasteiger partial charge in [0.2, 0.25) is 0 Å². The van der Waals surface area contributed by atoms with Crippen molar-refractivity contribution < 1.29 is 3.83 Å². The molecular formula is C2H4BrNO. The summed E-state index contributed by atoms with van der Waals surface area (Å²) in [6, 6.07) is 0. The Morgan fingerprint density at radius 1 is 2.00 bits per heavy atom. The van der Waals surface area contributed by atoms with E-state index in [0.717, 1.165) is 0 Å². The first-order valence-electron chi connectivity index (χ1n) is 1.10. The summed E-state index contributed by atoms with van der Waals surface area (Å²) in [5.41, 5.74) is 0. The Hall–Kier alpha value is -0.0500. The first kappa shape index (κ1) is 4.95. The zero-order valence-corrected chi connectivity index (χ0v) is 4.40. The second-order valence-electron chi connectivity index (χ2n) is 0.453. The van der Waals surface area contributed by atoms with E-state index in [-0.39, 0.29) is 0 Å². The summed E-state index contributed by atoms with van der Waals surface area (Å²) in [6.07, 6.45) is 1.29. The summed E-state index contributed by atoms with van der Waals surface area (Å²) in [5.74, 6) is 0. The summed E-state index contributed by atoms with van der Waals surface area (Å²) in [4.78, 5) is 3.46. The maximum atomic E-state index is 4.21. The van der Waals surface area contributed by atoms with E-state index in [1.165, 1.54) is 6.40 Å². The Bertz CT molecular complexity index is 36.6. The monoisotopic (exact) mass is 137 g/mol. The molecule has 0 bridgehead atoms. The van der Waals surface area contributed by atoms with Gasteiger partial charge < -0.3 is 3.83 Å². The largest absolute Gasteiger partial charge is 0.406 e. The lowest BCUT2D eigenvalue weighted by Crippen LogP contribution is -1.61. The van der Waals surface area contributed by atoms with Crippen molar-refractivity contribution in [2.24, 2.45) is 4.99 Å². The van der Waals surface area contributed by atoms with E-state index >= 15 is 0 Å². The van der Waals surface area contributed by atoms with Crippen LogP contribution >= 0.6 is 16.3 Å². The summed E-state index contributed by atoms with van der Waals surface area (Å²) >= 11 is 2.66. The van der Waals surface area contributed by atoms with Crippen LogP contribution in [0.25, 0.3) is 0 Å². The molecule has 0 spiro atoms. The highest BCUT2D eigenvalue weighted by molar-refractivity contribution is 9.06. The molecule has 0 saturated heterocycles. The Kier molecular flexibility index (Phi) is 3.91. The van der Waals surface area contributed by atoms with Crippen molar-refractivity contribution in [3.05, 3.63) is 0 Å². The van der Waals surface area contributed by atoms with Crippen LogP contribution in [0.3, 0.4) is 0 Å². The first-order chi connectivity index (χ1) is 2.41. The lowest BCUT2D eigenvalue weighted by Gasteiger charge is -1.70. The fourth-order valence-electron chi connectivity index (χ4n) is 0.0398. The molecule has 5 heavy (non-hydrogen) atoms. The molecule has 0 aromatic rings. The molecule has 0 heterocycles. The molecule has 2 nitrogen and oxygen atoms in total. The van der Waals surface area contributed by atoms with Gasteiger partial charge in [0.1, 0.15) is 0 Å². The Morgan fingerprint density at radius 2 is 2.60 bits per heavy atom. The first-order valence-corrected chi connectivity index (χ1v) is 1.74. The van der Waals surface area contributed by atoms with Crippen LogP contribution in [0.5, 0.6) is 0 Å². The van der Waals surface area contributed by atoms with E-state index < -0.39 is 0 Å². The fraction of sp³-hybridized carbons (Fsp3) is 0.500. The second kappa shape index (κ2) is 3.95. The normalized spacial score (nSPS) is 9.20. The second-order valence-corrected chi connectivity index (χ2v) is 0.827. The van der Waals surface area contributed by atoms with Gasteiger partial charge in [0.15, 0.2) is 22.7 Å². The minimum atomic E-state index is 1.29. The molecule has 0 saturated carbocycles. The minimum Gasteiger partial charge on any atom is -0.406 e. The van der Waals surface area contributed by atoms with E-state index in [2.05, 4.69) is 25.1 Å². The molecule has 0 aliphatic heterocycles. The Balaban J connectivity index is 2.62. The molecule has 0 aliphatic carbocycles. The summed E-state index contributed by atoms with van der Waals surface area (Å²) in [6.45, 7) is 0. The third-order valence-corrected chi connectivity index (χ3v) is 0.312. The Labute approximate surface area is 39.3 Å². The van der Waals surface area contributed by atoms with Gasteiger partial charge in [-0.1, -0.05) is 0 Å². The molecule has 30 valence electrons. The highest BCUT2D eigenvalue weighted by atomic mass is 79.9. The number of hydrogen-bond donors (Lipinski definition) is 0. The van der Waals surface area contributed by atoms with E-state index in [4.69, 9.17) is 0 Å². The zero-order chi connectivity index (χ0) is 4.12. The van der Waals surface area contributed by atoms with Gasteiger partial charge in [-0.05, 0) is 0 Å². The molecular weight excluding hydrogens is 134 g/mol. The summed E-state index contributed by atoms with van der Waals surface area (Å²) in [5, 5.41) is 0. The van der Waals surface area contributed by atoms with E-state index in [0.29, 0.717) is 0 Å². The average molecular weight is 138 g/mol. The van der Waals surface area contributed by atoms with Gasteiger partial charge in [0.25, 0.3) is 0 Å². The van der Waals surface area contributed by atoms with Gasteiger partial charge in [0, 0.05) is 7.05 Å². The van der Waals surface area contributed by atoms with Crippen molar-refractivity contribution >= 4 is 22.7 Å². The van der Waals surface area contributed by atoms with Crippen LogP contribution in [0.15, 0.2) is 4.99 Å². The van der Waals surface area contributed by atoms with Gasteiger partial charge in [-0.15, -0.1) is 0 Å². The van der Waals surface area contributed by atoms with Gasteiger partial charge in [-0.3, -0.25) is 4.99 Å². The van der Waals surface area contributed by atoms with Gasteiger partial charge in [-0.2, -0.15) is 0 Å². The SMILES string of the molecule is C/N=C\OBr. The number of aliphatic imine (C=N–C) groups is 1. The van der Waals surface area contributed by atoms with E-state index in [9.17, 15) is 0 Å². The predicted molar refractivity (Wildman–Crippen MR) is 24.4 cm³/mol. The molecule has 0 radical (unpaired) electrons. The number of hydrogen-bond acceptors (Lipinski definition) is 2. The number of nitrogens with zero attached hydrogens (tertiary/aromatic N) is 1. The van der Waals surface area contributed by atoms with Gasteiger partial charge in [-0.25, -0.2) is 0 Å². The molecule has 0 atom stereocenters. The van der Waals surface area contributed by atoms with E-state index in [1.807, 2.05) is 0 Å². The maximum Gasteiger partial charge on any atom is 0.185 e. The van der Waals surface area contributed by atoms with Crippen LogP contribution < -0.4 is 0 Å². The number of halogens is 1. The van der Waals surface area contributed by atoms with Crippen LogP contribution in [0.2, 0.25) is 0 Å². The van der Waals surface area contributed by atoms with Crippen molar-refractivity contribution in [3.63, 3.8) is 0 Å². The highest BCUT2D eigenvalue weighted by Gasteiger charge is 1.51. The van der Waals surface area contributed by atoms with Crippen molar-refractivity contribution in [2.75, 3.05) is 7.05 Å². The molecule has 3 heteroatoms. The average Bonchev–Trinajstić information content (AvgIpc) is 1.41. The third kappa shape index (κ3) is 3.95. The van der Waals surface area contributed by atoms with Crippen LogP contribution in [0.4, 0.5) is 0 Å². The lowest BCUT2D eigenvalue weighted by molar-refractivity contribution is 0.707. The predicted octanol–water partition coefficient (Wildman–Crippen LogP) is 0.971. The van der Waals surface area contributed by atoms with Crippen molar-refractivity contribution in [2.45, 2.75) is 0 Å². The lowest BCUT2D eigenvalue weighted by atomic mass is 11.4. The van der Waals surface area contributed by atoms with Crippen LogP contribution in [-0.4, -0.2) is 13.4 Å². The minimum absolute atomic E-state index is 1.29. The quantitative estimate of drug-likeness (QED) is 0.390.